The maximum absolute atomic E-state index is 14.3. The first kappa shape index (κ1) is 24.8. The molecule has 1 aromatic heterocycles. The summed E-state index contributed by atoms with van der Waals surface area (Å²) in [6.07, 6.45) is 0. The third-order valence-corrected chi connectivity index (χ3v) is 8.15. The average Bonchev–Trinajstić information content (AvgIpc) is 3.22. The minimum absolute atomic E-state index is 0.0706. The summed E-state index contributed by atoms with van der Waals surface area (Å²) in [5, 5.41) is 5.14. The zero-order valence-corrected chi connectivity index (χ0v) is 21.1. The van der Waals surface area contributed by atoms with Gasteiger partial charge >= 0.3 is 6.03 Å². The molecule has 3 N–H and O–H groups in total. The molecule has 0 saturated carbocycles. The van der Waals surface area contributed by atoms with E-state index in [0.29, 0.717) is 5.69 Å². The molecule has 1 aliphatic rings. The second-order valence-electron chi connectivity index (χ2n) is 7.93. The van der Waals surface area contributed by atoms with Gasteiger partial charge in [-0.15, -0.1) is 11.3 Å². The van der Waals surface area contributed by atoms with Crippen molar-refractivity contribution in [3.63, 3.8) is 0 Å². The number of halogens is 2. The Kier molecular flexibility index (Phi) is 6.38. The highest BCUT2D eigenvalue weighted by atomic mass is 35.5. The molecule has 184 valence electrons. The summed E-state index contributed by atoms with van der Waals surface area (Å²) in [4.78, 5) is 26.8. The van der Waals surface area contributed by atoms with Gasteiger partial charge in [-0.2, -0.15) is 0 Å². The fourth-order valence-corrected chi connectivity index (χ4v) is 5.96. The molecule has 1 aliphatic heterocycles. The van der Waals surface area contributed by atoms with Crippen LogP contribution in [0, 0.1) is 5.82 Å². The summed E-state index contributed by atoms with van der Waals surface area (Å²) in [7, 11) is -2.51. The number of hydrogen-bond donors (Lipinski definition) is 3. The number of carbonyl (C=O) groups is 2. The first-order valence-electron chi connectivity index (χ1n) is 10.2. The molecular weight excluding hydrogens is 519 g/mol. The molecule has 4 rings (SSSR count). The number of amides is 3. The van der Waals surface area contributed by atoms with Crippen LogP contribution in [0.3, 0.4) is 0 Å². The molecular formula is C22H20ClFN4O5S2. The Morgan fingerprint density at radius 1 is 1.14 bits per heavy atom. The van der Waals surface area contributed by atoms with Crippen LogP contribution in [-0.2, 0) is 10.0 Å². The highest BCUT2D eigenvalue weighted by Gasteiger charge is 2.41. The molecule has 0 atom stereocenters. The number of rotatable bonds is 5. The zero-order valence-electron chi connectivity index (χ0n) is 18.7. The molecule has 13 heteroatoms. The molecule has 0 spiro atoms. The minimum atomic E-state index is -4.08. The predicted molar refractivity (Wildman–Crippen MR) is 133 cm³/mol. The summed E-state index contributed by atoms with van der Waals surface area (Å²) in [5.74, 6) is -0.796. The Bertz CT molecular complexity index is 1420. The van der Waals surface area contributed by atoms with Crippen molar-refractivity contribution in [2.75, 3.05) is 22.6 Å². The number of thiophene rings is 1. The summed E-state index contributed by atoms with van der Waals surface area (Å²) in [6.45, 7) is 3.38. The topological polar surface area (TPSA) is 117 Å². The second kappa shape index (κ2) is 9.02. The lowest BCUT2D eigenvalue weighted by Gasteiger charge is -2.42. The summed E-state index contributed by atoms with van der Waals surface area (Å²) < 4.78 is 46.9. The number of ether oxygens (including phenoxy) is 1. The first-order chi connectivity index (χ1) is 16.4. The lowest BCUT2D eigenvalue weighted by molar-refractivity contribution is 0.0634. The van der Waals surface area contributed by atoms with Gasteiger partial charge in [0.15, 0.2) is 5.72 Å². The lowest BCUT2D eigenvalue weighted by Crippen LogP contribution is -2.55. The van der Waals surface area contributed by atoms with Crippen LogP contribution in [0.25, 0.3) is 0 Å². The largest absolute Gasteiger partial charge is 0.467 e. The van der Waals surface area contributed by atoms with Gasteiger partial charge in [0.1, 0.15) is 15.8 Å². The van der Waals surface area contributed by atoms with Gasteiger partial charge in [0, 0.05) is 24.5 Å². The van der Waals surface area contributed by atoms with E-state index in [1.807, 2.05) is 4.72 Å². The predicted octanol–water partition coefficient (Wildman–Crippen LogP) is 4.87. The highest BCUT2D eigenvalue weighted by molar-refractivity contribution is 7.92. The number of hydrogen-bond acceptors (Lipinski definition) is 7. The van der Waals surface area contributed by atoms with Gasteiger partial charge in [0.2, 0.25) is 0 Å². The monoisotopic (exact) mass is 538 g/mol. The van der Waals surface area contributed by atoms with E-state index in [1.54, 1.807) is 33.0 Å². The average molecular weight is 539 g/mol. The second-order valence-corrected chi connectivity index (χ2v) is 11.6. The molecule has 0 aliphatic carbocycles. The Hall–Kier alpha value is -3.35. The Morgan fingerprint density at radius 3 is 2.43 bits per heavy atom. The van der Waals surface area contributed by atoms with Crippen LogP contribution in [0.2, 0.25) is 4.34 Å². The van der Waals surface area contributed by atoms with E-state index >= 15 is 0 Å². The third-order valence-electron chi connectivity index (χ3n) is 5.09. The molecule has 3 amide bonds. The van der Waals surface area contributed by atoms with Gasteiger partial charge in [-0.3, -0.25) is 9.69 Å². The molecule has 0 bridgehead atoms. The summed E-state index contributed by atoms with van der Waals surface area (Å²) >= 11 is 6.58. The van der Waals surface area contributed by atoms with Gasteiger partial charge in [-0.25, -0.2) is 22.3 Å². The van der Waals surface area contributed by atoms with Crippen LogP contribution in [0.5, 0.6) is 5.75 Å². The van der Waals surface area contributed by atoms with E-state index in [4.69, 9.17) is 16.3 Å². The standard InChI is InChI=1S/C22H20ClFN4O5S2/c1-22(2)28(20(29)14-10-15(24)16(25-3)11-17(14)33-22)13-6-4-12(5-7-13)26-21(30)27-35(31,32)19-9-8-18(23)34-19/h4-11,25H,1-3H3,(H2,26,27,30). The van der Waals surface area contributed by atoms with Crippen molar-refractivity contribution in [1.82, 2.24) is 4.72 Å². The lowest BCUT2D eigenvalue weighted by atomic mass is 10.0. The highest BCUT2D eigenvalue weighted by Crippen LogP contribution is 2.39. The van der Waals surface area contributed by atoms with E-state index < -0.39 is 33.5 Å². The van der Waals surface area contributed by atoms with Crippen LogP contribution < -0.4 is 25.0 Å². The number of benzene rings is 2. The normalized spacial score (nSPS) is 14.7. The maximum Gasteiger partial charge on any atom is 0.333 e. The van der Waals surface area contributed by atoms with Gasteiger partial charge in [0.05, 0.1) is 15.6 Å². The Labute approximate surface area is 209 Å². The van der Waals surface area contributed by atoms with Crippen molar-refractivity contribution in [3.05, 3.63) is 64.2 Å². The number of nitrogens with one attached hydrogen (secondary N) is 3. The number of nitrogens with zero attached hydrogens (tertiary/aromatic N) is 1. The molecule has 3 aromatic rings. The number of carbonyl (C=O) groups excluding carboxylic acids is 2. The van der Waals surface area contributed by atoms with Crippen molar-refractivity contribution in [3.8, 4) is 5.75 Å². The summed E-state index contributed by atoms with van der Waals surface area (Å²) in [5.41, 5.74) is -0.121. The van der Waals surface area contributed by atoms with E-state index in [9.17, 15) is 22.4 Å². The molecule has 2 aromatic carbocycles. The molecule has 35 heavy (non-hydrogen) atoms. The van der Waals surface area contributed by atoms with E-state index in [0.717, 1.165) is 17.4 Å². The SMILES string of the molecule is CNc1cc2c(cc1F)C(=O)N(c1ccc(NC(=O)NS(=O)(=O)c3ccc(Cl)s3)cc1)C(C)(C)O2. The maximum atomic E-state index is 14.3. The Morgan fingerprint density at radius 2 is 1.83 bits per heavy atom. The first-order valence-corrected chi connectivity index (χ1v) is 12.8. The van der Waals surface area contributed by atoms with Crippen molar-refractivity contribution >= 4 is 62.0 Å². The van der Waals surface area contributed by atoms with Crippen LogP contribution in [0.4, 0.5) is 26.2 Å². The molecule has 2 heterocycles. The van der Waals surface area contributed by atoms with Gasteiger partial charge in [-0.1, -0.05) is 11.6 Å². The summed E-state index contributed by atoms with van der Waals surface area (Å²) in [6, 6.07) is 10.4. The van der Waals surface area contributed by atoms with Crippen molar-refractivity contribution in [2.45, 2.75) is 23.8 Å². The molecule has 9 nitrogen and oxygen atoms in total. The van der Waals surface area contributed by atoms with Gasteiger partial charge in [0.25, 0.3) is 15.9 Å². The number of anilines is 3. The molecule has 0 fully saturated rings. The smallest absolute Gasteiger partial charge is 0.333 e. The van der Waals surface area contributed by atoms with Gasteiger partial charge in [-0.05, 0) is 56.3 Å². The quantitative estimate of drug-likeness (QED) is 0.427. The van der Waals surface area contributed by atoms with Crippen molar-refractivity contribution < 1.29 is 27.1 Å². The number of sulfonamides is 1. The van der Waals surface area contributed by atoms with Gasteiger partial charge < -0.3 is 15.4 Å². The number of fused-ring (bicyclic) bond motifs is 1. The number of urea groups is 1. The zero-order chi connectivity index (χ0) is 25.5. The molecule has 0 saturated heterocycles. The van der Waals surface area contributed by atoms with Crippen LogP contribution in [0.1, 0.15) is 24.2 Å². The van der Waals surface area contributed by atoms with E-state index in [1.165, 1.54) is 35.2 Å². The van der Waals surface area contributed by atoms with E-state index in [2.05, 4.69) is 10.6 Å². The van der Waals surface area contributed by atoms with E-state index in [-0.39, 0.29) is 31.2 Å². The van der Waals surface area contributed by atoms with Crippen LogP contribution in [0.15, 0.2) is 52.7 Å². The fourth-order valence-electron chi connectivity index (χ4n) is 3.57. The third kappa shape index (κ3) is 4.90. The molecule has 0 unspecified atom stereocenters. The Balaban J connectivity index is 1.52. The fraction of sp³-hybridized carbons (Fsp3) is 0.182. The molecule has 0 radical (unpaired) electrons. The van der Waals surface area contributed by atoms with Crippen molar-refractivity contribution in [2.24, 2.45) is 0 Å². The van der Waals surface area contributed by atoms with Crippen molar-refractivity contribution in [1.29, 1.82) is 0 Å². The minimum Gasteiger partial charge on any atom is -0.467 e. The van der Waals surface area contributed by atoms with Crippen LogP contribution in [-0.4, -0.2) is 33.1 Å². The van der Waals surface area contributed by atoms with Crippen LogP contribution >= 0.6 is 22.9 Å².